The van der Waals surface area contributed by atoms with E-state index in [1.54, 1.807) is 37.4 Å². The van der Waals surface area contributed by atoms with Gasteiger partial charge in [0.2, 0.25) is 0 Å². The van der Waals surface area contributed by atoms with Gasteiger partial charge in [0, 0.05) is 11.3 Å². The van der Waals surface area contributed by atoms with Gasteiger partial charge in [-0.05, 0) is 61.1 Å². The number of anilines is 1. The van der Waals surface area contributed by atoms with E-state index in [0.717, 1.165) is 17.9 Å². The minimum Gasteiger partial charge on any atom is -0.497 e. The van der Waals surface area contributed by atoms with Crippen molar-refractivity contribution >= 4 is 28.9 Å². The van der Waals surface area contributed by atoms with Crippen molar-refractivity contribution in [2.75, 3.05) is 19.0 Å². The molecule has 0 spiro atoms. The van der Waals surface area contributed by atoms with Crippen molar-refractivity contribution in [3.63, 3.8) is 0 Å². The fourth-order valence-corrected chi connectivity index (χ4v) is 2.17. The van der Waals surface area contributed by atoms with Gasteiger partial charge in [0.15, 0.2) is 5.11 Å². The van der Waals surface area contributed by atoms with Crippen LogP contribution in [0.1, 0.15) is 23.7 Å². The van der Waals surface area contributed by atoms with E-state index in [-0.39, 0.29) is 11.0 Å². The molecule has 0 aromatic heterocycles. The third kappa shape index (κ3) is 5.24. The molecule has 0 aliphatic rings. The number of thiocarbonyl (C=S) groups is 1. The molecule has 2 N–H and O–H groups in total. The van der Waals surface area contributed by atoms with Crippen LogP contribution in [-0.4, -0.2) is 24.7 Å². The van der Waals surface area contributed by atoms with Gasteiger partial charge in [0.25, 0.3) is 5.91 Å². The number of hydrogen-bond donors (Lipinski definition) is 2. The minimum atomic E-state index is -0.289. The summed E-state index contributed by atoms with van der Waals surface area (Å²) >= 11 is 5.17. The van der Waals surface area contributed by atoms with Gasteiger partial charge in [-0.1, -0.05) is 13.0 Å². The predicted octanol–water partition coefficient (Wildman–Crippen LogP) is 3.61. The van der Waals surface area contributed by atoms with Gasteiger partial charge in [-0.25, -0.2) is 0 Å². The Balaban J connectivity index is 1.94. The van der Waals surface area contributed by atoms with E-state index in [0.29, 0.717) is 17.9 Å². The molecule has 0 radical (unpaired) electrons. The van der Waals surface area contributed by atoms with Crippen molar-refractivity contribution in [1.82, 2.24) is 5.32 Å². The first-order chi connectivity index (χ1) is 11.6. The number of amides is 1. The Morgan fingerprint density at radius 3 is 2.54 bits per heavy atom. The summed E-state index contributed by atoms with van der Waals surface area (Å²) in [6, 6.07) is 14.3. The standard InChI is InChI=1S/C18H20N2O3S/c1-3-11-23-16-6-4-5-13(12-16)17(21)20-18(24)19-14-7-9-15(22-2)10-8-14/h4-10,12H,3,11H2,1-2H3,(H2,19,20,21,24). The minimum absolute atomic E-state index is 0.227. The first-order valence-corrected chi connectivity index (χ1v) is 8.02. The number of carbonyl (C=O) groups excluding carboxylic acids is 1. The summed E-state index contributed by atoms with van der Waals surface area (Å²) < 4.78 is 10.6. The SMILES string of the molecule is CCCOc1cccc(C(=O)NC(=S)Nc2ccc(OC)cc2)c1. The molecule has 6 heteroatoms. The Kier molecular flexibility index (Phi) is 6.57. The summed E-state index contributed by atoms with van der Waals surface area (Å²) in [5.74, 6) is 1.13. The molecule has 0 aliphatic carbocycles. The largest absolute Gasteiger partial charge is 0.497 e. The second-order valence-corrected chi connectivity index (χ2v) is 5.42. The number of benzene rings is 2. The highest BCUT2D eigenvalue weighted by Gasteiger charge is 2.09. The van der Waals surface area contributed by atoms with Crippen LogP contribution in [0.25, 0.3) is 0 Å². The maximum atomic E-state index is 12.3. The molecule has 126 valence electrons. The molecule has 0 saturated heterocycles. The summed E-state index contributed by atoms with van der Waals surface area (Å²) in [4.78, 5) is 12.3. The van der Waals surface area contributed by atoms with Gasteiger partial charge < -0.3 is 14.8 Å². The molecular weight excluding hydrogens is 324 g/mol. The number of carbonyl (C=O) groups is 1. The molecule has 2 rings (SSSR count). The van der Waals surface area contributed by atoms with Crippen molar-refractivity contribution in [2.24, 2.45) is 0 Å². The molecule has 0 atom stereocenters. The van der Waals surface area contributed by atoms with E-state index >= 15 is 0 Å². The third-order valence-electron chi connectivity index (χ3n) is 3.14. The van der Waals surface area contributed by atoms with Crippen molar-refractivity contribution in [2.45, 2.75) is 13.3 Å². The molecule has 24 heavy (non-hydrogen) atoms. The first kappa shape index (κ1) is 17.7. The van der Waals surface area contributed by atoms with Crippen LogP contribution in [0.4, 0.5) is 5.69 Å². The molecular formula is C18H20N2O3S. The zero-order valence-corrected chi connectivity index (χ0v) is 14.5. The van der Waals surface area contributed by atoms with E-state index in [1.165, 1.54) is 0 Å². The molecule has 2 aromatic carbocycles. The molecule has 0 unspecified atom stereocenters. The van der Waals surface area contributed by atoms with Crippen LogP contribution in [0, 0.1) is 0 Å². The number of nitrogens with one attached hydrogen (secondary N) is 2. The predicted molar refractivity (Wildman–Crippen MR) is 98.9 cm³/mol. The van der Waals surface area contributed by atoms with Crippen LogP contribution < -0.4 is 20.1 Å². The molecule has 0 saturated carbocycles. The Hall–Kier alpha value is -2.60. The van der Waals surface area contributed by atoms with E-state index in [2.05, 4.69) is 10.6 Å². The van der Waals surface area contributed by atoms with Crippen molar-refractivity contribution in [1.29, 1.82) is 0 Å². The topological polar surface area (TPSA) is 59.6 Å². The Bertz CT molecular complexity index is 702. The number of ether oxygens (including phenoxy) is 2. The summed E-state index contributed by atoms with van der Waals surface area (Å²) in [6.07, 6.45) is 0.909. The van der Waals surface area contributed by atoms with E-state index < -0.39 is 0 Å². The van der Waals surface area contributed by atoms with Crippen LogP contribution >= 0.6 is 12.2 Å². The van der Waals surface area contributed by atoms with Crippen molar-refractivity contribution < 1.29 is 14.3 Å². The fourth-order valence-electron chi connectivity index (χ4n) is 1.96. The van der Waals surface area contributed by atoms with Gasteiger partial charge >= 0.3 is 0 Å². The monoisotopic (exact) mass is 344 g/mol. The van der Waals surface area contributed by atoms with Crippen molar-refractivity contribution in [3.8, 4) is 11.5 Å². The molecule has 0 aliphatic heterocycles. The molecule has 5 nitrogen and oxygen atoms in total. The van der Waals surface area contributed by atoms with Gasteiger partial charge in [-0.15, -0.1) is 0 Å². The third-order valence-corrected chi connectivity index (χ3v) is 3.35. The first-order valence-electron chi connectivity index (χ1n) is 7.61. The second kappa shape index (κ2) is 8.88. The molecule has 2 aromatic rings. The second-order valence-electron chi connectivity index (χ2n) is 5.01. The quantitative estimate of drug-likeness (QED) is 0.784. The van der Waals surface area contributed by atoms with Gasteiger partial charge in [-0.2, -0.15) is 0 Å². The molecule has 0 bridgehead atoms. The Labute approximate surface area is 147 Å². The van der Waals surface area contributed by atoms with Crippen LogP contribution in [0.5, 0.6) is 11.5 Å². The molecule has 0 heterocycles. The van der Waals surface area contributed by atoms with E-state index in [4.69, 9.17) is 21.7 Å². The number of rotatable bonds is 6. The highest BCUT2D eigenvalue weighted by atomic mass is 32.1. The summed E-state index contributed by atoms with van der Waals surface area (Å²) in [7, 11) is 1.60. The zero-order valence-electron chi connectivity index (χ0n) is 13.7. The lowest BCUT2D eigenvalue weighted by atomic mass is 10.2. The van der Waals surface area contributed by atoms with E-state index in [1.807, 2.05) is 25.1 Å². The van der Waals surface area contributed by atoms with Gasteiger partial charge in [0.1, 0.15) is 11.5 Å². The maximum absolute atomic E-state index is 12.3. The number of hydrogen-bond acceptors (Lipinski definition) is 4. The molecule has 0 fully saturated rings. The van der Waals surface area contributed by atoms with E-state index in [9.17, 15) is 4.79 Å². The molecule has 1 amide bonds. The summed E-state index contributed by atoms with van der Waals surface area (Å²) in [5, 5.41) is 5.83. The average molecular weight is 344 g/mol. The van der Waals surface area contributed by atoms with Gasteiger partial charge in [0.05, 0.1) is 13.7 Å². The van der Waals surface area contributed by atoms with Crippen molar-refractivity contribution in [3.05, 3.63) is 54.1 Å². The lowest BCUT2D eigenvalue weighted by Crippen LogP contribution is -2.34. The Morgan fingerprint density at radius 1 is 1.12 bits per heavy atom. The summed E-state index contributed by atoms with van der Waals surface area (Å²) in [6.45, 7) is 2.64. The highest BCUT2D eigenvalue weighted by Crippen LogP contribution is 2.15. The lowest BCUT2D eigenvalue weighted by Gasteiger charge is -2.11. The summed E-state index contributed by atoms with van der Waals surface area (Å²) in [5.41, 5.74) is 1.25. The van der Waals surface area contributed by atoms with Crippen LogP contribution in [0.15, 0.2) is 48.5 Å². The van der Waals surface area contributed by atoms with Crippen LogP contribution in [-0.2, 0) is 0 Å². The normalized spacial score (nSPS) is 9.92. The average Bonchev–Trinajstić information content (AvgIpc) is 2.60. The van der Waals surface area contributed by atoms with Crippen LogP contribution in [0.3, 0.4) is 0 Å². The Morgan fingerprint density at radius 2 is 1.88 bits per heavy atom. The lowest BCUT2D eigenvalue weighted by molar-refractivity contribution is 0.0977. The van der Waals surface area contributed by atoms with Crippen LogP contribution in [0.2, 0.25) is 0 Å². The number of methoxy groups -OCH3 is 1. The smallest absolute Gasteiger partial charge is 0.257 e. The maximum Gasteiger partial charge on any atom is 0.257 e. The fraction of sp³-hybridized carbons (Fsp3) is 0.222. The van der Waals surface area contributed by atoms with Gasteiger partial charge in [-0.3, -0.25) is 10.1 Å². The highest BCUT2D eigenvalue weighted by molar-refractivity contribution is 7.80. The zero-order chi connectivity index (χ0) is 17.4.